The molecule has 1 saturated carbocycles. The van der Waals surface area contributed by atoms with E-state index in [1.54, 1.807) is 0 Å². The SMILES string of the molecule is O=C(Cc1ccccc1)N(c1ccc(Cl)cc1)C1CCN(CC2CC2)CC1. The van der Waals surface area contributed by atoms with Crippen molar-refractivity contribution in [1.29, 1.82) is 0 Å². The number of amides is 1. The Labute approximate surface area is 166 Å². The number of nitrogens with zero attached hydrogens (tertiary/aromatic N) is 2. The van der Waals surface area contributed by atoms with Crippen molar-refractivity contribution in [3.63, 3.8) is 0 Å². The van der Waals surface area contributed by atoms with Crippen molar-refractivity contribution in [2.24, 2.45) is 5.92 Å². The summed E-state index contributed by atoms with van der Waals surface area (Å²) in [5.74, 6) is 1.10. The topological polar surface area (TPSA) is 23.6 Å². The molecular formula is C23H27ClN2O. The highest BCUT2D eigenvalue weighted by Gasteiger charge is 2.31. The van der Waals surface area contributed by atoms with Crippen molar-refractivity contribution in [2.75, 3.05) is 24.5 Å². The lowest BCUT2D eigenvalue weighted by Crippen LogP contribution is -2.48. The van der Waals surface area contributed by atoms with Crippen molar-refractivity contribution in [1.82, 2.24) is 4.90 Å². The molecule has 1 amide bonds. The van der Waals surface area contributed by atoms with Gasteiger partial charge < -0.3 is 9.80 Å². The summed E-state index contributed by atoms with van der Waals surface area (Å²) < 4.78 is 0. The van der Waals surface area contributed by atoms with Gasteiger partial charge in [0.1, 0.15) is 0 Å². The van der Waals surface area contributed by atoms with E-state index in [0.717, 1.165) is 43.1 Å². The average molecular weight is 383 g/mol. The number of rotatable bonds is 6. The first-order valence-corrected chi connectivity index (χ1v) is 10.4. The Balaban J connectivity index is 1.49. The summed E-state index contributed by atoms with van der Waals surface area (Å²) in [4.78, 5) is 17.9. The summed E-state index contributed by atoms with van der Waals surface area (Å²) in [5.41, 5.74) is 2.02. The lowest BCUT2D eigenvalue weighted by Gasteiger charge is -2.39. The molecule has 0 radical (unpaired) electrons. The molecule has 0 unspecified atom stereocenters. The van der Waals surface area contributed by atoms with Crippen molar-refractivity contribution in [3.05, 3.63) is 65.2 Å². The van der Waals surface area contributed by atoms with Gasteiger partial charge in [-0.1, -0.05) is 41.9 Å². The number of anilines is 1. The lowest BCUT2D eigenvalue weighted by molar-refractivity contribution is -0.118. The van der Waals surface area contributed by atoms with Crippen LogP contribution in [-0.4, -0.2) is 36.5 Å². The van der Waals surface area contributed by atoms with Crippen LogP contribution >= 0.6 is 11.6 Å². The third-order valence-electron chi connectivity index (χ3n) is 5.71. The van der Waals surface area contributed by atoms with Crippen LogP contribution < -0.4 is 4.90 Å². The maximum absolute atomic E-state index is 13.2. The molecule has 0 bridgehead atoms. The van der Waals surface area contributed by atoms with Gasteiger partial charge in [-0.25, -0.2) is 0 Å². The molecule has 1 aliphatic carbocycles. The number of piperidine rings is 1. The van der Waals surface area contributed by atoms with E-state index in [1.807, 2.05) is 59.5 Å². The minimum absolute atomic E-state index is 0.171. The fraction of sp³-hybridized carbons (Fsp3) is 0.435. The average Bonchev–Trinajstić information content (AvgIpc) is 3.50. The molecule has 2 aromatic carbocycles. The van der Waals surface area contributed by atoms with E-state index >= 15 is 0 Å². The van der Waals surface area contributed by atoms with Crippen molar-refractivity contribution in [2.45, 2.75) is 38.1 Å². The van der Waals surface area contributed by atoms with Gasteiger partial charge in [-0.3, -0.25) is 4.79 Å². The summed E-state index contributed by atoms with van der Waals surface area (Å²) in [5, 5.41) is 0.702. The Morgan fingerprint density at radius 1 is 0.963 bits per heavy atom. The second-order valence-corrected chi connectivity index (χ2v) is 8.31. The Kier molecular flexibility index (Phi) is 5.80. The minimum atomic E-state index is 0.171. The van der Waals surface area contributed by atoms with Gasteiger partial charge in [0.25, 0.3) is 0 Å². The van der Waals surface area contributed by atoms with Crippen molar-refractivity contribution in [3.8, 4) is 0 Å². The number of halogens is 1. The van der Waals surface area contributed by atoms with E-state index in [-0.39, 0.29) is 11.9 Å². The summed E-state index contributed by atoms with van der Waals surface area (Å²) in [7, 11) is 0. The molecule has 1 saturated heterocycles. The number of carbonyl (C=O) groups excluding carboxylic acids is 1. The van der Waals surface area contributed by atoms with E-state index in [1.165, 1.54) is 19.4 Å². The third-order valence-corrected chi connectivity index (χ3v) is 5.96. The molecule has 3 nitrogen and oxygen atoms in total. The number of hydrogen-bond acceptors (Lipinski definition) is 2. The van der Waals surface area contributed by atoms with E-state index in [9.17, 15) is 4.79 Å². The smallest absolute Gasteiger partial charge is 0.231 e. The molecule has 142 valence electrons. The first-order valence-electron chi connectivity index (χ1n) is 10.0. The van der Waals surface area contributed by atoms with E-state index in [0.29, 0.717) is 11.4 Å². The van der Waals surface area contributed by atoms with Gasteiger partial charge in [0.05, 0.1) is 6.42 Å². The molecule has 4 rings (SSSR count). The molecule has 1 aliphatic heterocycles. The fourth-order valence-corrected chi connectivity index (χ4v) is 4.17. The predicted octanol–water partition coefficient (Wildman–Crippen LogP) is 4.79. The Morgan fingerprint density at radius 2 is 1.63 bits per heavy atom. The van der Waals surface area contributed by atoms with Crippen LogP contribution in [0.4, 0.5) is 5.69 Å². The Morgan fingerprint density at radius 3 is 2.26 bits per heavy atom. The van der Waals surface area contributed by atoms with Gasteiger partial charge >= 0.3 is 0 Å². The highest BCUT2D eigenvalue weighted by molar-refractivity contribution is 6.30. The molecule has 2 fully saturated rings. The second-order valence-electron chi connectivity index (χ2n) is 7.88. The van der Waals surface area contributed by atoms with Gasteiger partial charge in [-0.05, 0) is 61.4 Å². The molecular weight excluding hydrogens is 356 g/mol. The van der Waals surface area contributed by atoms with Crippen LogP contribution in [0.5, 0.6) is 0 Å². The quantitative estimate of drug-likeness (QED) is 0.717. The van der Waals surface area contributed by atoms with E-state index < -0.39 is 0 Å². The van der Waals surface area contributed by atoms with Crippen molar-refractivity contribution >= 4 is 23.2 Å². The Hall–Kier alpha value is -1.84. The zero-order chi connectivity index (χ0) is 18.6. The zero-order valence-corrected chi connectivity index (χ0v) is 16.4. The van der Waals surface area contributed by atoms with Crippen LogP contribution in [0.15, 0.2) is 54.6 Å². The van der Waals surface area contributed by atoms with E-state index in [4.69, 9.17) is 11.6 Å². The second kappa shape index (κ2) is 8.45. The normalized spacial score (nSPS) is 18.4. The minimum Gasteiger partial charge on any atom is -0.309 e. The van der Waals surface area contributed by atoms with Gasteiger partial charge in [0.15, 0.2) is 0 Å². The van der Waals surface area contributed by atoms with Crippen molar-refractivity contribution < 1.29 is 4.79 Å². The molecule has 27 heavy (non-hydrogen) atoms. The highest BCUT2D eigenvalue weighted by atomic mass is 35.5. The first kappa shape index (κ1) is 18.5. The van der Waals surface area contributed by atoms with Gasteiger partial charge in [-0.15, -0.1) is 0 Å². The predicted molar refractivity (Wildman–Crippen MR) is 111 cm³/mol. The Bertz CT molecular complexity index is 750. The molecule has 2 aliphatic rings. The van der Waals surface area contributed by atoms with Crippen LogP contribution in [0.3, 0.4) is 0 Å². The number of carbonyl (C=O) groups is 1. The number of benzene rings is 2. The van der Waals surface area contributed by atoms with Crippen LogP contribution in [-0.2, 0) is 11.2 Å². The molecule has 0 N–H and O–H groups in total. The molecule has 4 heteroatoms. The summed E-state index contributed by atoms with van der Waals surface area (Å²) in [6.07, 6.45) is 5.30. The molecule has 0 aromatic heterocycles. The van der Waals surface area contributed by atoms with Gasteiger partial charge in [0, 0.05) is 36.4 Å². The zero-order valence-electron chi connectivity index (χ0n) is 15.7. The van der Waals surface area contributed by atoms with Crippen LogP contribution in [0, 0.1) is 5.92 Å². The highest BCUT2D eigenvalue weighted by Crippen LogP contribution is 2.32. The summed E-state index contributed by atoms with van der Waals surface area (Å²) >= 11 is 6.07. The fourth-order valence-electron chi connectivity index (χ4n) is 4.04. The van der Waals surface area contributed by atoms with Crippen LogP contribution in [0.25, 0.3) is 0 Å². The maximum Gasteiger partial charge on any atom is 0.231 e. The number of hydrogen-bond donors (Lipinski definition) is 0. The molecule has 0 spiro atoms. The van der Waals surface area contributed by atoms with Crippen LogP contribution in [0.1, 0.15) is 31.2 Å². The van der Waals surface area contributed by atoms with Gasteiger partial charge in [-0.2, -0.15) is 0 Å². The summed E-state index contributed by atoms with van der Waals surface area (Å²) in [6, 6.07) is 18.0. The summed E-state index contributed by atoms with van der Waals surface area (Å²) in [6.45, 7) is 3.42. The third kappa shape index (κ3) is 4.91. The molecule has 1 heterocycles. The van der Waals surface area contributed by atoms with E-state index in [2.05, 4.69) is 4.90 Å². The molecule has 0 atom stereocenters. The first-order chi connectivity index (χ1) is 13.2. The lowest BCUT2D eigenvalue weighted by atomic mass is 10.0. The van der Waals surface area contributed by atoms with Gasteiger partial charge in [0.2, 0.25) is 5.91 Å². The largest absolute Gasteiger partial charge is 0.309 e. The molecule has 2 aromatic rings. The maximum atomic E-state index is 13.2. The standard InChI is InChI=1S/C23H27ClN2O/c24-20-8-10-21(11-9-20)26(23(27)16-18-4-2-1-3-5-18)22-12-14-25(15-13-22)17-19-6-7-19/h1-5,8-11,19,22H,6-7,12-17H2. The number of likely N-dealkylation sites (tertiary alicyclic amines) is 1. The van der Waals surface area contributed by atoms with Crippen LogP contribution in [0.2, 0.25) is 5.02 Å². The monoisotopic (exact) mass is 382 g/mol.